The number of methoxy groups -OCH3 is 3. The monoisotopic (exact) mass is 501 g/mol. The molecule has 1 fully saturated rings. The van der Waals surface area contributed by atoms with Gasteiger partial charge in [0.25, 0.3) is 0 Å². The van der Waals surface area contributed by atoms with Crippen molar-refractivity contribution in [3.63, 3.8) is 0 Å². The Morgan fingerprint density at radius 3 is 2.22 bits per heavy atom. The van der Waals surface area contributed by atoms with Gasteiger partial charge < -0.3 is 34.5 Å². The van der Waals surface area contributed by atoms with Gasteiger partial charge in [0, 0.05) is 42.5 Å². The Kier molecular flexibility index (Phi) is 7.41. The molecule has 5 rings (SSSR count). The summed E-state index contributed by atoms with van der Waals surface area (Å²) >= 11 is 0. The van der Waals surface area contributed by atoms with E-state index < -0.39 is 0 Å². The number of ether oxygens (including phenoxy) is 4. The van der Waals surface area contributed by atoms with Crippen molar-refractivity contribution in [1.29, 1.82) is 0 Å². The van der Waals surface area contributed by atoms with Gasteiger partial charge in [-0.25, -0.2) is 4.98 Å². The third-order valence-corrected chi connectivity index (χ3v) is 6.32. The summed E-state index contributed by atoms with van der Waals surface area (Å²) in [7, 11) is 4.89. The SMILES string of the molecule is COc1ccc(CNc2nc(Nc3ccc(N4CCOCC4)cc3)nc3cc(OC)c(OC)cc23)cc1. The van der Waals surface area contributed by atoms with Crippen molar-refractivity contribution in [2.24, 2.45) is 0 Å². The van der Waals surface area contributed by atoms with Crippen LogP contribution in [-0.2, 0) is 11.3 Å². The Morgan fingerprint density at radius 2 is 1.54 bits per heavy atom. The molecule has 1 saturated heterocycles. The molecular weight excluding hydrogens is 470 g/mol. The first-order valence-corrected chi connectivity index (χ1v) is 12.2. The Hall–Kier alpha value is -4.24. The van der Waals surface area contributed by atoms with Crippen molar-refractivity contribution >= 4 is 34.0 Å². The number of fused-ring (bicyclic) bond motifs is 1. The van der Waals surface area contributed by atoms with Gasteiger partial charge in [-0.3, -0.25) is 0 Å². The summed E-state index contributed by atoms with van der Waals surface area (Å²) in [5.74, 6) is 3.21. The lowest BCUT2D eigenvalue weighted by molar-refractivity contribution is 0.122. The molecule has 37 heavy (non-hydrogen) atoms. The van der Waals surface area contributed by atoms with Crippen molar-refractivity contribution in [2.45, 2.75) is 6.54 Å². The van der Waals surface area contributed by atoms with Gasteiger partial charge in [0.1, 0.15) is 11.6 Å². The largest absolute Gasteiger partial charge is 0.497 e. The number of hydrogen-bond acceptors (Lipinski definition) is 9. The lowest BCUT2D eigenvalue weighted by Gasteiger charge is -2.28. The lowest BCUT2D eigenvalue weighted by Crippen LogP contribution is -2.36. The van der Waals surface area contributed by atoms with Gasteiger partial charge in [0.15, 0.2) is 11.5 Å². The average molecular weight is 502 g/mol. The van der Waals surface area contributed by atoms with Crippen LogP contribution in [0.3, 0.4) is 0 Å². The second kappa shape index (κ2) is 11.2. The predicted octanol–water partition coefficient (Wildman–Crippen LogP) is 4.85. The molecule has 3 aromatic carbocycles. The van der Waals surface area contributed by atoms with E-state index in [2.05, 4.69) is 27.7 Å². The summed E-state index contributed by atoms with van der Waals surface area (Å²) in [5.41, 5.74) is 3.91. The normalized spacial score (nSPS) is 13.3. The molecule has 1 aromatic heterocycles. The first kappa shape index (κ1) is 24.5. The van der Waals surface area contributed by atoms with Crippen LogP contribution in [0.1, 0.15) is 5.56 Å². The van der Waals surface area contributed by atoms with E-state index in [1.54, 1.807) is 21.3 Å². The zero-order valence-electron chi connectivity index (χ0n) is 21.3. The zero-order chi connectivity index (χ0) is 25.6. The fourth-order valence-corrected chi connectivity index (χ4v) is 4.28. The molecule has 0 amide bonds. The highest BCUT2D eigenvalue weighted by Gasteiger charge is 2.15. The Labute approximate surface area is 216 Å². The maximum atomic E-state index is 5.53. The van der Waals surface area contributed by atoms with Gasteiger partial charge >= 0.3 is 0 Å². The highest BCUT2D eigenvalue weighted by Crippen LogP contribution is 2.35. The summed E-state index contributed by atoms with van der Waals surface area (Å²) in [5, 5.41) is 7.65. The Morgan fingerprint density at radius 1 is 0.838 bits per heavy atom. The number of nitrogens with zero attached hydrogens (tertiary/aromatic N) is 3. The van der Waals surface area contributed by atoms with E-state index in [1.807, 2.05) is 48.5 Å². The van der Waals surface area contributed by atoms with Crippen molar-refractivity contribution < 1.29 is 18.9 Å². The summed E-state index contributed by atoms with van der Waals surface area (Å²) in [6.07, 6.45) is 0. The van der Waals surface area contributed by atoms with Gasteiger partial charge in [-0.2, -0.15) is 4.98 Å². The van der Waals surface area contributed by atoms with Crippen LogP contribution in [0.5, 0.6) is 17.2 Å². The molecule has 0 radical (unpaired) electrons. The fraction of sp³-hybridized carbons (Fsp3) is 0.286. The van der Waals surface area contributed by atoms with Crippen molar-refractivity contribution in [2.75, 3.05) is 63.2 Å². The number of aromatic nitrogens is 2. The molecule has 0 atom stereocenters. The van der Waals surface area contributed by atoms with Gasteiger partial charge in [-0.05, 0) is 48.0 Å². The maximum Gasteiger partial charge on any atom is 0.229 e. The maximum absolute atomic E-state index is 5.53. The number of hydrogen-bond donors (Lipinski definition) is 2. The first-order chi connectivity index (χ1) is 18.2. The molecule has 0 unspecified atom stereocenters. The average Bonchev–Trinajstić information content (AvgIpc) is 2.96. The van der Waals surface area contributed by atoms with Crippen LogP contribution < -0.4 is 29.7 Å². The van der Waals surface area contributed by atoms with E-state index in [1.165, 1.54) is 5.69 Å². The van der Waals surface area contributed by atoms with Crippen LogP contribution in [0, 0.1) is 0 Å². The topological polar surface area (TPSA) is 90.0 Å². The molecule has 9 heteroatoms. The first-order valence-electron chi connectivity index (χ1n) is 12.2. The smallest absolute Gasteiger partial charge is 0.229 e. The van der Waals surface area contributed by atoms with Crippen LogP contribution in [0.15, 0.2) is 60.7 Å². The van der Waals surface area contributed by atoms with Crippen molar-refractivity contribution in [1.82, 2.24) is 9.97 Å². The van der Waals surface area contributed by atoms with Crippen molar-refractivity contribution in [3.05, 3.63) is 66.2 Å². The fourth-order valence-electron chi connectivity index (χ4n) is 4.28. The number of morpholine rings is 1. The van der Waals surface area contributed by atoms with E-state index in [-0.39, 0.29) is 0 Å². The number of anilines is 4. The van der Waals surface area contributed by atoms with Crippen molar-refractivity contribution in [3.8, 4) is 17.2 Å². The minimum Gasteiger partial charge on any atom is -0.497 e. The van der Waals surface area contributed by atoms with E-state index in [0.29, 0.717) is 29.8 Å². The highest BCUT2D eigenvalue weighted by molar-refractivity contribution is 5.93. The summed E-state index contributed by atoms with van der Waals surface area (Å²) in [4.78, 5) is 11.9. The molecule has 0 aliphatic carbocycles. The Bertz CT molecular complexity index is 1340. The molecule has 0 spiro atoms. The molecule has 1 aliphatic heterocycles. The van der Waals surface area contributed by atoms with E-state index in [4.69, 9.17) is 28.9 Å². The molecule has 0 saturated carbocycles. The molecule has 2 heterocycles. The van der Waals surface area contributed by atoms with Gasteiger partial charge in [-0.15, -0.1) is 0 Å². The van der Waals surface area contributed by atoms with E-state index >= 15 is 0 Å². The standard InChI is InChI=1S/C28H31N5O4/c1-34-22-10-4-19(5-11-22)18-29-27-23-16-25(35-2)26(36-3)17-24(23)31-28(32-27)30-20-6-8-21(9-7-20)33-12-14-37-15-13-33/h4-11,16-17H,12-15,18H2,1-3H3,(H2,29,30,31,32). The molecule has 1 aliphatic rings. The number of nitrogens with one attached hydrogen (secondary N) is 2. The third kappa shape index (κ3) is 5.62. The third-order valence-electron chi connectivity index (χ3n) is 6.32. The quantitative estimate of drug-likeness (QED) is 0.334. The number of rotatable bonds is 9. The van der Waals surface area contributed by atoms with Gasteiger partial charge in [0.2, 0.25) is 5.95 Å². The summed E-state index contributed by atoms with van der Waals surface area (Å²) in [6.45, 7) is 3.89. The lowest BCUT2D eigenvalue weighted by atomic mass is 10.2. The van der Waals surface area contributed by atoms with Gasteiger partial charge in [0.05, 0.1) is 40.1 Å². The van der Waals surface area contributed by atoms with Crippen LogP contribution in [0.4, 0.5) is 23.1 Å². The van der Waals surface area contributed by atoms with Crippen LogP contribution in [0.25, 0.3) is 10.9 Å². The van der Waals surface area contributed by atoms with E-state index in [0.717, 1.165) is 54.2 Å². The second-order valence-electron chi connectivity index (χ2n) is 8.59. The molecule has 4 aromatic rings. The molecule has 2 N–H and O–H groups in total. The van der Waals surface area contributed by atoms with Crippen LogP contribution in [-0.4, -0.2) is 57.6 Å². The highest BCUT2D eigenvalue weighted by atomic mass is 16.5. The van der Waals surface area contributed by atoms with Crippen LogP contribution >= 0.6 is 0 Å². The van der Waals surface area contributed by atoms with E-state index in [9.17, 15) is 0 Å². The minimum absolute atomic E-state index is 0.482. The molecule has 9 nitrogen and oxygen atoms in total. The molecule has 192 valence electrons. The zero-order valence-corrected chi connectivity index (χ0v) is 21.3. The van der Waals surface area contributed by atoms with Crippen LogP contribution in [0.2, 0.25) is 0 Å². The second-order valence-corrected chi connectivity index (χ2v) is 8.59. The predicted molar refractivity (Wildman–Crippen MR) is 146 cm³/mol. The summed E-state index contributed by atoms with van der Waals surface area (Å²) in [6, 6.07) is 20.0. The molecular formula is C28H31N5O4. The number of benzene rings is 3. The molecule has 0 bridgehead atoms. The Balaban J connectivity index is 1.43. The minimum atomic E-state index is 0.482. The van der Waals surface area contributed by atoms with Gasteiger partial charge in [-0.1, -0.05) is 12.1 Å². The summed E-state index contributed by atoms with van der Waals surface area (Å²) < 4.78 is 21.8.